The zero-order chi connectivity index (χ0) is 13.6. The normalized spacial score (nSPS) is 13.2. The molecule has 2 rings (SSSR count). The highest BCUT2D eigenvalue weighted by Gasteiger charge is 2.23. The standard InChI is InChI=1S/C15H23N3/c1-14(2,3)10-6-7-11-12(8-10)18-13(17-11)15(4,5)9-16/h6-8H,9,16H2,1-5H3,(H,17,18). The predicted molar refractivity (Wildman–Crippen MR) is 76.9 cm³/mol. The first-order valence-electron chi connectivity index (χ1n) is 6.45. The molecule has 3 heteroatoms. The average molecular weight is 245 g/mol. The number of aromatic nitrogens is 2. The van der Waals surface area contributed by atoms with Crippen LogP contribution in [0.2, 0.25) is 0 Å². The quantitative estimate of drug-likeness (QED) is 0.854. The van der Waals surface area contributed by atoms with Crippen molar-refractivity contribution in [1.82, 2.24) is 9.97 Å². The number of hydrogen-bond donors (Lipinski definition) is 2. The lowest BCUT2D eigenvalue weighted by Crippen LogP contribution is -2.29. The van der Waals surface area contributed by atoms with Gasteiger partial charge in [-0.25, -0.2) is 4.98 Å². The van der Waals surface area contributed by atoms with Gasteiger partial charge >= 0.3 is 0 Å². The fourth-order valence-corrected chi connectivity index (χ4v) is 1.89. The maximum Gasteiger partial charge on any atom is 0.114 e. The zero-order valence-corrected chi connectivity index (χ0v) is 12.0. The molecule has 0 amide bonds. The second-order valence-corrected chi connectivity index (χ2v) is 6.66. The molecule has 1 aromatic heterocycles. The molecule has 2 aromatic rings. The average Bonchev–Trinajstić information content (AvgIpc) is 2.71. The Labute approximate surface area is 109 Å². The third kappa shape index (κ3) is 2.27. The van der Waals surface area contributed by atoms with Crippen molar-refractivity contribution in [2.45, 2.75) is 45.4 Å². The molecule has 0 fully saturated rings. The first-order chi connectivity index (χ1) is 8.24. The van der Waals surface area contributed by atoms with Crippen molar-refractivity contribution in [3.63, 3.8) is 0 Å². The molecular weight excluding hydrogens is 222 g/mol. The van der Waals surface area contributed by atoms with Gasteiger partial charge in [-0.1, -0.05) is 40.7 Å². The van der Waals surface area contributed by atoms with E-state index in [1.54, 1.807) is 0 Å². The van der Waals surface area contributed by atoms with E-state index in [0.717, 1.165) is 16.9 Å². The molecule has 0 radical (unpaired) electrons. The lowest BCUT2D eigenvalue weighted by atomic mass is 9.87. The molecule has 0 aliphatic heterocycles. The smallest absolute Gasteiger partial charge is 0.114 e. The lowest BCUT2D eigenvalue weighted by molar-refractivity contribution is 0.509. The number of benzene rings is 1. The van der Waals surface area contributed by atoms with E-state index in [0.29, 0.717) is 6.54 Å². The number of fused-ring (bicyclic) bond motifs is 1. The molecule has 0 atom stereocenters. The van der Waals surface area contributed by atoms with Crippen molar-refractivity contribution in [2.75, 3.05) is 6.54 Å². The summed E-state index contributed by atoms with van der Waals surface area (Å²) in [5, 5.41) is 0. The summed E-state index contributed by atoms with van der Waals surface area (Å²) in [5.74, 6) is 0.964. The van der Waals surface area contributed by atoms with E-state index in [9.17, 15) is 0 Å². The van der Waals surface area contributed by atoms with E-state index in [-0.39, 0.29) is 10.8 Å². The molecule has 1 heterocycles. The van der Waals surface area contributed by atoms with Crippen LogP contribution in [0.1, 0.15) is 46.0 Å². The zero-order valence-electron chi connectivity index (χ0n) is 12.0. The molecule has 18 heavy (non-hydrogen) atoms. The Balaban J connectivity index is 2.53. The largest absolute Gasteiger partial charge is 0.341 e. The van der Waals surface area contributed by atoms with E-state index in [4.69, 9.17) is 5.73 Å². The highest BCUT2D eigenvalue weighted by Crippen LogP contribution is 2.27. The minimum absolute atomic E-state index is 0.110. The summed E-state index contributed by atoms with van der Waals surface area (Å²) >= 11 is 0. The third-order valence-electron chi connectivity index (χ3n) is 3.50. The SMILES string of the molecule is CC(C)(C)c1ccc2nc(C(C)(C)CN)[nH]c2c1. The summed E-state index contributed by atoms with van der Waals surface area (Å²) < 4.78 is 0. The predicted octanol–water partition coefficient (Wildman–Crippen LogP) is 3.10. The topological polar surface area (TPSA) is 54.7 Å². The molecule has 0 aliphatic rings. The van der Waals surface area contributed by atoms with Crippen LogP contribution in [0.5, 0.6) is 0 Å². The molecule has 0 unspecified atom stereocenters. The van der Waals surface area contributed by atoms with E-state index in [2.05, 4.69) is 62.8 Å². The molecular formula is C15H23N3. The molecule has 0 spiro atoms. The fraction of sp³-hybridized carbons (Fsp3) is 0.533. The third-order valence-corrected chi connectivity index (χ3v) is 3.50. The molecule has 3 N–H and O–H groups in total. The monoisotopic (exact) mass is 245 g/mol. The van der Waals surface area contributed by atoms with Gasteiger partial charge in [-0.05, 0) is 23.1 Å². The molecule has 1 aromatic carbocycles. The summed E-state index contributed by atoms with van der Waals surface area (Å²) in [6, 6.07) is 6.43. The number of nitrogens with one attached hydrogen (secondary N) is 1. The summed E-state index contributed by atoms with van der Waals surface area (Å²) in [4.78, 5) is 8.05. The molecule has 98 valence electrons. The van der Waals surface area contributed by atoms with Gasteiger partial charge in [-0.2, -0.15) is 0 Å². The van der Waals surface area contributed by atoms with Crippen molar-refractivity contribution in [2.24, 2.45) is 5.73 Å². The Morgan fingerprint density at radius 3 is 2.39 bits per heavy atom. The Morgan fingerprint density at radius 1 is 1.17 bits per heavy atom. The van der Waals surface area contributed by atoms with Gasteiger partial charge in [0, 0.05) is 12.0 Å². The van der Waals surface area contributed by atoms with Gasteiger partial charge in [-0.15, -0.1) is 0 Å². The Morgan fingerprint density at radius 2 is 1.83 bits per heavy atom. The Hall–Kier alpha value is -1.35. The fourth-order valence-electron chi connectivity index (χ4n) is 1.89. The highest BCUT2D eigenvalue weighted by molar-refractivity contribution is 5.76. The van der Waals surface area contributed by atoms with Crippen molar-refractivity contribution < 1.29 is 0 Å². The van der Waals surface area contributed by atoms with Gasteiger partial charge in [0.15, 0.2) is 0 Å². The first-order valence-corrected chi connectivity index (χ1v) is 6.45. The maximum absolute atomic E-state index is 5.80. The van der Waals surface area contributed by atoms with Crippen LogP contribution in [0.25, 0.3) is 11.0 Å². The number of hydrogen-bond acceptors (Lipinski definition) is 2. The van der Waals surface area contributed by atoms with Crippen LogP contribution in [-0.2, 0) is 10.8 Å². The van der Waals surface area contributed by atoms with E-state index in [1.165, 1.54) is 5.56 Å². The van der Waals surface area contributed by atoms with E-state index < -0.39 is 0 Å². The molecule has 0 saturated heterocycles. The molecule has 0 aliphatic carbocycles. The van der Waals surface area contributed by atoms with Crippen LogP contribution in [0.4, 0.5) is 0 Å². The number of nitrogens with zero attached hydrogens (tertiary/aromatic N) is 1. The number of H-pyrrole nitrogens is 1. The van der Waals surface area contributed by atoms with Crippen molar-refractivity contribution in [3.8, 4) is 0 Å². The van der Waals surface area contributed by atoms with E-state index in [1.807, 2.05) is 0 Å². The lowest BCUT2D eigenvalue weighted by Gasteiger charge is -2.19. The second kappa shape index (κ2) is 4.09. The van der Waals surface area contributed by atoms with Crippen LogP contribution < -0.4 is 5.73 Å². The minimum Gasteiger partial charge on any atom is -0.341 e. The van der Waals surface area contributed by atoms with Crippen molar-refractivity contribution in [1.29, 1.82) is 0 Å². The van der Waals surface area contributed by atoms with Gasteiger partial charge in [0.2, 0.25) is 0 Å². The number of nitrogens with two attached hydrogens (primary N) is 1. The minimum atomic E-state index is -0.110. The van der Waals surface area contributed by atoms with E-state index >= 15 is 0 Å². The maximum atomic E-state index is 5.80. The van der Waals surface area contributed by atoms with Gasteiger partial charge < -0.3 is 10.7 Å². The Bertz CT molecular complexity index is 559. The van der Waals surface area contributed by atoms with Gasteiger partial charge in [0.05, 0.1) is 11.0 Å². The van der Waals surface area contributed by atoms with Crippen LogP contribution in [-0.4, -0.2) is 16.5 Å². The van der Waals surface area contributed by atoms with Crippen molar-refractivity contribution >= 4 is 11.0 Å². The van der Waals surface area contributed by atoms with Gasteiger partial charge in [0.1, 0.15) is 5.82 Å². The molecule has 0 bridgehead atoms. The highest BCUT2D eigenvalue weighted by atomic mass is 14.9. The number of rotatable bonds is 2. The molecule has 3 nitrogen and oxygen atoms in total. The first kappa shape index (κ1) is 13.1. The van der Waals surface area contributed by atoms with Crippen LogP contribution >= 0.6 is 0 Å². The molecule has 0 saturated carbocycles. The summed E-state index contributed by atoms with van der Waals surface area (Å²) in [6.07, 6.45) is 0. The van der Waals surface area contributed by atoms with Crippen LogP contribution in [0.3, 0.4) is 0 Å². The van der Waals surface area contributed by atoms with Gasteiger partial charge in [-0.3, -0.25) is 0 Å². The second-order valence-electron chi connectivity index (χ2n) is 6.66. The summed E-state index contributed by atoms with van der Waals surface area (Å²) in [7, 11) is 0. The number of aromatic amines is 1. The van der Waals surface area contributed by atoms with Gasteiger partial charge in [0.25, 0.3) is 0 Å². The summed E-state index contributed by atoms with van der Waals surface area (Å²) in [5.41, 5.74) is 9.27. The summed E-state index contributed by atoms with van der Waals surface area (Å²) in [6.45, 7) is 11.4. The van der Waals surface area contributed by atoms with Crippen LogP contribution in [0.15, 0.2) is 18.2 Å². The van der Waals surface area contributed by atoms with Crippen LogP contribution in [0, 0.1) is 0 Å². The Kier molecular flexibility index (Phi) is 2.98. The number of imidazole rings is 1. The van der Waals surface area contributed by atoms with Crippen molar-refractivity contribution in [3.05, 3.63) is 29.6 Å².